The summed E-state index contributed by atoms with van der Waals surface area (Å²) in [6.45, 7) is 7.23. The van der Waals surface area contributed by atoms with E-state index in [2.05, 4.69) is 15.1 Å². The Morgan fingerprint density at radius 1 is 1.30 bits per heavy atom. The van der Waals surface area contributed by atoms with Crippen molar-refractivity contribution in [2.24, 2.45) is 0 Å². The molecule has 20 heavy (non-hydrogen) atoms. The number of rotatable bonds is 4. The molecule has 0 radical (unpaired) electrons. The molecule has 0 atom stereocenters. The van der Waals surface area contributed by atoms with Crippen molar-refractivity contribution >= 4 is 0 Å². The Morgan fingerprint density at radius 2 is 2.05 bits per heavy atom. The van der Waals surface area contributed by atoms with Crippen LogP contribution in [0.4, 0.5) is 4.39 Å². The van der Waals surface area contributed by atoms with E-state index in [1.54, 1.807) is 7.11 Å². The number of likely N-dealkylation sites (tertiary alicyclic amines) is 1. The largest absolute Gasteiger partial charge is 0.497 e. The lowest BCUT2D eigenvalue weighted by molar-refractivity contribution is 0.0217. The van der Waals surface area contributed by atoms with Gasteiger partial charge in [0, 0.05) is 63.5 Å². The van der Waals surface area contributed by atoms with Crippen LogP contribution in [0.1, 0.15) is 5.56 Å². The molecule has 3 rings (SSSR count). The normalized spacial score (nSPS) is 21.7. The zero-order chi connectivity index (χ0) is 13.9. The quantitative estimate of drug-likeness (QED) is 0.887. The number of benzene rings is 1. The number of hydrogen-bond acceptors (Lipinski definition) is 4. The van der Waals surface area contributed by atoms with Crippen LogP contribution in [0, 0.1) is 5.82 Å². The zero-order valence-electron chi connectivity index (χ0n) is 11.9. The van der Waals surface area contributed by atoms with Gasteiger partial charge in [0.25, 0.3) is 0 Å². The van der Waals surface area contributed by atoms with E-state index in [9.17, 15) is 4.39 Å². The molecule has 2 saturated heterocycles. The third kappa shape index (κ3) is 2.95. The molecular formula is C15H22FN3O. The van der Waals surface area contributed by atoms with Gasteiger partial charge >= 0.3 is 0 Å². The minimum absolute atomic E-state index is 0.171. The second kappa shape index (κ2) is 6.08. The Labute approximate surface area is 119 Å². The summed E-state index contributed by atoms with van der Waals surface area (Å²) in [5.41, 5.74) is 0.754. The maximum absolute atomic E-state index is 13.9. The van der Waals surface area contributed by atoms with Gasteiger partial charge < -0.3 is 10.1 Å². The highest BCUT2D eigenvalue weighted by molar-refractivity contribution is 5.29. The van der Waals surface area contributed by atoms with E-state index in [1.807, 2.05) is 12.1 Å². The molecule has 2 heterocycles. The van der Waals surface area contributed by atoms with Gasteiger partial charge in [0.15, 0.2) is 0 Å². The number of halogens is 1. The summed E-state index contributed by atoms with van der Waals surface area (Å²) >= 11 is 0. The fraction of sp³-hybridized carbons (Fsp3) is 0.600. The smallest absolute Gasteiger partial charge is 0.131 e. The zero-order valence-corrected chi connectivity index (χ0v) is 11.9. The molecule has 2 fully saturated rings. The van der Waals surface area contributed by atoms with Gasteiger partial charge in [0.1, 0.15) is 11.6 Å². The first-order chi connectivity index (χ1) is 9.76. The van der Waals surface area contributed by atoms with Gasteiger partial charge in [-0.3, -0.25) is 9.80 Å². The maximum atomic E-state index is 13.9. The number of nitrogens with one attached hydrogen (secondary N) is 1. The van der Waals surface area contributed by atoms with Gasteiger partial charge in [-0.05, 0) is 6.07 Å². The van der Waals surface area contributed by atoms with Crippen LogP contribution in [-0.2, 0) is 6.54 Å². The monoisotopic (exact) mass is 279 g/mol. The maximum Gasteiger partial charge on any atom is 0.131 e. The number of piperazine rings is 1. The molecule has 1 aromatic rings. The fourth-order valence-corrected chi connectivity index (χ4v) is 2.97. The first-order valence-corrected chi connectivity index (χ1v) is 7.26. The average molecular weight is 279 g/mol. The number of hydrogen-bond donors (Lipinski definition) is 1. The highest BCUT2D eigenvalue weighted by Crippen LogP contribution is 2.22. The lowest BCUT2D eigenvalue weighted by atomic mass is 10.0. The molecule has 1 aromatic carbocycles. The Balaban J connectivity index is 1.51. The molecule has 2 aliphatic heterocycles. The van der Waals surface area contributed by atoms with Crippen molar-refractivity contribution in [3.63, 3.8) is 0 Å². The molecule has 0 amide bonds. The molecule has 0 bridgehead atoms. The van der Waals surface area contributed by atoms with Crippen LogP contribution < -0.4 is 10.1 Å². The van der Waals surface area contributed by atoms with Gasteiger partial charge in [-0.25, -0.2) is 4.39 Å². The lowest BCUT2D eigenvalue weighted by Gasteiger charge is -2.46. The summed E-state index contributed by atoms with van der Waals surface area (Å²) in [7, 11) is 1.56. The van der Waals surface area contributed by atoms with Crippen LogP contribution in [0.5, 0.6) is 5.75 Å². The Bertz CT molecular complexity index is 456. The lowest BCUT2D eigenvalue weighted by Crippen LogP contribution is -2.62. The fourth-order valence-electron chi connectivity index (χ4n) is 2.97. The molecule has 0 aromatic heterocycles. The Kier molecular flexibility index (Phi) is 4.19. The first kappa shape index (κ1) is 13.8. The second-order valence-corrected chi connectivity index (χ2v) is 5.59. The van der Waals surface area contributed by atoms with Crippen molar-refractivity contribution in [2.45, 2.75) is 12.6 Å². The summed E-state index contributed by atoms with van der Waals surface area (Å²) in [6.07, 6.45) is 0. The van der Waals surface area contributed by atoms with Crippen LogP contribution in [0.15, 0.2) is 18.2 Å². The van der Waals surface area contributed by atoms with E-state index < -0.39 is 0 Å². The van der Waals surface area contributed by atoms with E-state index in [-0.39, 0.29) is 5.82 Å². The van der Waals surface area contributed by atoms with Gasteiger partial charge in [-0.15, -0.1) is 0 Å². The van der Waals surface area contributed by atoms with Crippen LogP contribution >= 0.6 is 0 Å². The van der Waals surface area contributed by atoms with Crippen LogP contribution in [0.25, 0.3) is 0 Å². The van der Waals surface area contributed by atoms with Crippen molar-refractivity contribution < 1.29 is 9.13 Å². The minimum atomic E-state index is -0.171. The van der Waals surface area contributed by atoms with Crippen LogP contribution in [-0.4, -0.2) is 62.2 Å². The number of ether oxygens (including phenoxy) is 1. The Morgan fingerprint density at radius 3 is 2.70 bits per heavy atom. The molecule has 0 spiro atoms. The molecule has 1 N–H and O–H groups in total. The average Bonchev–Trinajstić information content (AvgIpc) is 2.44. The van der Waals surface area contributed by atoms with Gasteiger partial charge in [0.05, 0.1) is 7.11 Å². The molecule has 0 saturated carbocycles. The van der Waals surface area contributed by atoms with Crippen molar-refractivity contribution in [1.82, 2.24) is 15.1 Å². The van der Waals surface area contributed by atoms with Gasteiger partial charge in [-0.2, -0.15) is 0 Å². The molecule has 0 aliphatic carbocycles. The summed E-state index contributed by atoms with van der Waals surface area (Å²) in [5.74, 6) is 0.406. The summed E-state index contributed by atoms with van der Waals surface area (Å²) in [6, 6.07) is 5.76. The highest BCUT2D eigenvalue weighted by Gasteiger charge is 2.32. The van der Waals surface area contributed by atoms with E-state index in [0.29, 0.717) is 18.3 Å². The van der Waals surface area contributed by atoms with Crippen molar-refractivity contribution in [2.75, 3.05) is 46.4 Å². The molecule has 110 valence electrons. The van der Waals surface area contributed by atoms with Crippen molar-refractivity contribution in [1.29, 1.82) is 0 Å². The Hall–Kier alpha value is -1.17. The SMILES string of the molecule is COc1ccc(CN2CC(N3CCNCC3)C2)c(F)c1. The first-order valence-electron chi connectivity index (χ1n) is 7.26. The van der Waals surface area contributed by atoms with Crippen molar-refractivity contribution in [3.8, 4) is 5.75 Å². The predicted molar refractivity (Wildman–Crippen MR) is 76.5 cm³/mol. The van der Waals surface area contributed by atoms with Crippen LogP contribution in [0.2, 0.25) is 0 Å². The number of nitrogens with zero attached hydrogens (tertiary/aromatic N) is 2. The van der Waals surface area contributed by atoms with Crippen molar-refractivity contribution in [3.05, 3.63) is 29.6 Å². The third-order valence-corrected chi connectivity index (χ3v) is 4.26. The number of methoxy groups -OCH3 is 1. The molecular weight excluding hydrogens is 257 g/mol. The standard InChI is InChI=1S/C15H22FN3O/c1-20-14-3-2-12(15(16)8-14)9-18-10-13(11-18)19-6-4-17-5-7-19/h2-3,8,13,17H,4-7,9-11H2,1H3. The van der Waals surface area contributed by atoms with E-state index >= 15 is 0 Å². The summed E-state index contributed by atoms with van der Waals surface area (Å²) in [4.78, 5) is 4.84. The van der Waals surface area contributed by atoms with E-state index in [1.165, 1.54) is 6.07 Å². The topological polar surface area (TPSA) is 27.7 Å². The summed E-state index contributed by atoms with van der Waals surface area (Å²) < 4.78 is 18.9. The summed E-state index contributed by atoms with van der Waals surface area (Å²) in [5, 5.41) is 3.37. The molecule has 4 nitrogen and oxygen atoms in total. The minimum Gasteiger partial charge on any atom is -0.497 e. The van der Waals surface area contributed by atoms with Gasteiger partial charge in [0.2, 0.25) is 0 Å². The van der Waals surface area contributed by atoms with Gasteiger partial charge in [-0.1, -0.05) is 6.07 Å². The predicted octanol–water partition coefficient (Wildman–Crippen LogP) is 0.924. The van der Waals surface area contributed by atoms with Crippen LogP contribution in [0.3, 0.4) is 0 Å². The third-order valence-electron chi connectivity index (χ3n) is 4.26. The van der Waals surface area contributed by atoms with E-state index in [0.717, 1.165) is 44.8 Å². The highest BCUT2D eigenvalue weighted by atomic mass is 19.1. The van der Waals surface area contributed by atoms with E-state index in [4.69, 9.17) is 4.74 Å². The second-order valence-electron chi connectivity index (χ2n) is 5.59. The molecule has 0 unspecified atom stereocenters. The molecule has 5 heteroatoms. The molecule has 2 aliphatic rings.